The lowest BCUT2D eigenvalue weighted by atomic mass is 9.84. The van der Waals surface area contributed by atoms with E-state index in [0.29, 0.717) is 6.42 Å². The molecule has 0 aliphatic carbocycles. The Balaban J connectivity index is 2.71. The molecular formula is C10H20N2O2. The first-order valence-corrected chi connectivity index (χ1v) is 5.12. The van der Waals surface area contributed by atoms with E-state index < -0.39 is 0 Å². The van der Waals surface area contributed by atoms with Gasteiger partial charge in [0.25, 0.3) is 0 Å². The predicted molar refractivity (Wildman–Crippen MR) is 55.1 cm³/mol. The number of carbonyl (C=O) groups excluding carboxylic acids is 1. The van der Waals surface area contributed by atoms with Gasteiger partial charge in [-0.1, -0.05) is 20.8 Å². The first kappa shape index (κ1) is 11.3. The zero-order chi connectivity index (χ0) is 10.8. The Morgan fingerprint density at radius 3 is 2.57 bits per heavy atom. The van der Waals surface area contributed by atoms with Gasteiger partial charge in [0.1, 0.15) is 0 Å². The molecule has 1 rings (SSSR count). The summed E-state index contributed by atoms with van der Waals surface area (Å²) in [6, 6.07) is 0.119. The number of carbonyl (C=O) groups is 1. The molecule has 1 heterocycles. The lowest BCUT2D eigenvalue weighted by Crippen LogP contribution is -2.46. The van der Waals surface area contributed by atoms with Crippen LogP contribution in [-0.4, -0.2) is 41.8 Å². The summed E-state index contributed by atoms with van der Waals surface area (Å²) in [5.41, 5.74) is 0.0183. The highest BCUT2D eigenvalue weighted by molar-refractivity contribution is 5.76. The molecule has 4 nitrogen and oxygen atoms in total. The first-order valence-electron chi connectivity index (χ1n) is 5.12. The average molecular weight is 200 g/mol. The summed E-state index contributed by atoms with van der Waals surface area (Å²) < 4.78 is 0. The van der Waals surface area contributed by atoms with Crippen molar-refractivity contribution in [3.05, 3.63) is 0 Å². The van der Waals surface area contributed by atoms with Crippen molar-refractivity contribution >= 4 is 6.03 Å². The van der Waals surface area contributed by atoms with Crippen LogP contribution in [0.1, 0.15) is 27.2 Å². The number of amides is 2. The molecule has 2 N–H and O–H groups in total. The second-order valence-electron chi connectivity index (χ2n) is 4.82. The van der Waals surface area contributed by atoms with Crippen molar-refractivity contribution in [3.8, 4) is 0 Å². The van der Waals surface area contributed by atoms with E-state index in [2.05, 4.69) is 26.1 Å². The van der Waals surface area contributed by atoms with E-state index >= 15 is 0 Å². The summed E-state index contributed by atoms with van der Waals surface area (Å²) in [6.45, 7) is 7.89. The van der Waals surface area contributed by atoms with E-state index in [0.717, 1.165) is 13.1 Å². The maximum atomic E-state index is 11.5. The molecule has 1 atom stereocenters. The molecule has 0 saturated carbocycles. The van der Waals surface area contributed by atoms with Gasteiger partial charge < -0.3 is 15.3 Å². The topological polar surface area (TPSA) is 52.6 Å². The minimum atomic E-state index is -0.00150. The normalized spacial score (nSPS) is 19.7. The van der Waals surface area contributed by atoms with Gasteiger partial charge in [-0.05, 0) is 11.8 Å². The highest BCUT2D eigenvalue weighted by Crippen LogP contribution is 2.27. The number of aliphatic hydroxyl groups excluding tert-OH is 1. The van der Waals surface area contributed by atoms with Crippen LogP contribution in [0.2, 0.25) is 0 Å². The molecule has 0 radical (unpaired) electrons. The van der Waals surface area contributed by atoms with Gasteiger partial charge in [0.15, 0.2) is 0 Å². The van der Waals surface area contributed by atoms with E-state index in [1.807, 2.05) is 4.90 Å². The molecule has 0 spiro atoms. The second-order valence-corrected chi connectivity index (χ2v) is 4.82. The highest BCUT2D eigenvalue weighted by atomic mass is 16.3. The van der Waals surface area contributed by atoms with Gasteiger partial charge in [-0.3, -0.25) is 0 Å². The molecule has 1 saturated heterocycles. The Morgan fingerprint density at radius 1 is 1.57 bits per heavy atom. The third-order valence-corrected chi connectivity index (χ3v) is 2.67. The number of nitrogens with one attached hydrogen (secondary N) is 1. The minimum absolute atomic E-state index is 0.00150. The summed E-state index contributed by atoms with van der Waals surface area (Å²) in [4.78, 5) is 13.3. The number of nitrogens with zero attached hydrogens (tertiary/aromatic N) is 1. The van der Waals surface area contributed by atoms with Crippen LogP contribution < -0.4 is 5.32 Å². The lowest BCUT2D eigenvalue weighted by Gasteiger charge is -2.37. The van der Waals surface area contributed by atoms with Crippen LogP contribution in [0.25, 0.3) is 0 Å². The first-order chi connectivity index (χ1) is 6.46. The molecule has 82 valence electrons. The van der Waals surface area contributed by atoms with Gasteiger partial charge in [-0.2, -0.15) is 0 Å². The summed E-state index contributed by atoms with van der Waals surface area (Å²) in [6.07, 6.45) is 0.650. The zero-order valence-corrected chi connectivity index (χ0v) is 9.21. The fourth-order valence-corrected chi connectivity index (χ4v) is 1.96. The fraction of sp³-hybridized carbons (Fsp3) is 0.900. The van der Waals surface area contributed by atoms with Crippen molar-refractivity contribution in [1.29, 1.82) is 0 Å². The van der Waals surface area contributed by atoms with Crippen LogP contribution in [0.5, 0.6) is 0 Å². The van der Waals surface area contributed by atoms with Gasteiger partial charge in [-0.25, -0.2) is 4.79 Å². The van der Waals surface area contributed by atoms with Crippen molar-refractivity contribution in [2.45, 2.75) is 33.2 Å². The Kier molecular flexibility index (Phi) is 3.37. The summed E-state index contributed by atoms with van der Waals surface area (Å²) in [5, 5.41) is 11.8. The standard InChI is InChI=1S/C10H20N2O2/c1-10(2,3)8(4-7-13)12-6-5-11-9(12)14/h8,13H,4-7H2,1-3H3,(H,11,14). The highest BCUT2D eigenvalue weighted by Gasteiger charge is 2.34. The molecule has 0 aromatic rings. The largest absolute Gasteiger partial charge is 0.396 e. The van der Waals surface area contributed by atoms with Gasteiger partial charge in [0, 0.05) is 25.7 Å². The number of rotatable bonds is 3. The quantitative estimate of drug-likeness (QED) is 0.708. The third kappa shape index (κ3) is 2.38. The summed E-state index contributed by atoms with van der Waals surface area (Å²) >= 11 is 0. The number of hydrogen-bond donors (Lipinski definition) is 2. The SMILES string of the molecule is CC(C)(C)C(CCO)N1CCNC1=O. The summed E-state index contributed by atoms with van der Waals surface area (Å²) in [5.74, 6) is 0. The molecule has 2 amide bonds. The molecule has 0 aromatic carbocycles. The molecule has 0 aromatic heterocycles. The molecule has 0 bridgehead atoms. The maximum absolute atomic E-state index is 11.5. The van der Waals surface area contributed by atoms with Crippen LogP contribution in [0.4, 0.5) is 4.79 Å². The molecular weight excluding hydrogens is 180 g/mol. The zero-order valence-electron chi connectivity index (χ0n) is 9.21. The van der Waals surface area contributed by atoms with Gasteiger partial charge in [0.05, 0.1) is 0 Å². The average Bonchev–Trinajstić information content (AvgIpc) is 2.45. The van der Waals surface area contributed by atoms with E-state index in [-0.39, 0.29) is 24.1 Å². The van der Waals surface area contributed by atoms with E-state index in [4.69, 9.17) is 5.11 Å². The molecule has 1 unspecified atom stereocenters. The Morgan fingerprint density at radius 2 is 2.21 bits per heavy atom. The van der Waals surface area contributed by atoms with E-state index in [9.17, 15) is 4.79 Å². The molecule has 1 fully saturated rings. The fourth-order valence-electron chi connectivity index (χ4n) is 1.96. The smallest absolute Gasteiger partial charge is 0.317 e. The van der Waals surface area contributed by atoms with Crippen LogP contribution in [-0.2, 0) is 0 Å². The second kappa shape index (κ2) is 4.17. The van der Waals surface area contributed by atoms with Crippen LogP contribution >= 0.6 is 0 Å². The number of hydrogen-bond acceptors (Lipinski definition) is 2. The molecule has 4 heteroatoms. The Labute approximate surface area is 85.3 Å². The predicted octanol–water partition coefficient (Wildman–Crippen LogP) is 0.809. The van der Waals surface area contributed by atoms with Crippen molar-refractivity contribution in [3.63, 3.8) is 0 Å². The minimum Gasteiger partial charge on any atom is -0.396 e. The van der Waals surface area contributed by atoms with E-state index in [1.54, 1.807) is 0 Å². The van der Waals surface area contributed by atoms with Crippen LogP contribution in [0.15, 0.2) is 0 Å². The molecule has 14 heavy (non-hydrogen) atoms. The maximum Gasteiger partial charge on any atom is 0.317 e. The van der Waals surface area contributed by atoms with Gasteiger partial charge in [0.2, 0.25) is 0 Å². The number of aliphatic hydroxyl groups is 1. The number of urea groups is 1. The van der Waals surface area contributed by atoms with Crippen molar-refractivity contribution in [2.75, 3.05) is 19.7 Å². The molecule has 1 aliphatic heterocycles. The monoisotopic (exact) mass is 200 g/mol. The Bertz CT molecular complexity index is 211. The summed E-state index contributed by atoms with van der Waals surface area (Å²) in [7, 11) is 0. The lowest BCUT2D eigenvalue weighted by molar-refractivity contribution is 0.111. The van der Waals surface area contributed by atoms with Crippen molar-refractivity contribution < 1.29 is 9.90 Å². The van der Waals surface area contributed by atoms with E-state index in [1.165, 1.54) is 0 Å². The third-order valence-electron chi connectivity index (χ3n) is 2.67. The van der Waals surface area contributed by atoms with Crippen molar-refractivity contribution in [1.82, 2.24) is 10.2 Å². The van der Waals surface area contributed by atoms with Crippen molar-refractivity contribution in [2.24, 2.45) is 5.41 Å². The van der Waals surface area contributed by atoms with Crippen LogP contribution in [0, 0.1) is 5.41 Å². The van der Waals surface area contributed by atoms with Gasteiger partial charge >= 0.3 is 6.03 Å². The molecule has 1 aliphatic rings. The Hall–Kier alpha value is -0.770. The van der Waals surface area contributed by atoms with Gasteiger partial charge in [-0.15, -0.1) is 0 Å². The van der Waals surface area contributed by atoms with Crippen LogP contribution in [0.3, 0.4) is 0 Å².